The van der Waals surface area contributed by atoms with E-state index in [1.54, 1.807) is 31.4 Å². The molecule has 1 aromatic carbocycles. The third-order valence-electron chi connectivity index (χ3n) is 1.51. The number of nitrogens with zero attached hydrogens (tertiary/aromatic N) is 5. The third kappa shape index (κ3) is 2.98. The first-order chi connectivity index (χ1) is 7.30. The SMILES string of the molecule is COc1ccc(N=NN(C#N)C#N)cc1. The lowest BCUT2D eigenvalue weighted by molar-refractivity contribution is 0.415. The summed E-state index contributed by atoms with van der Waals surface area (Å²) >= 11 is 0. The molecule has 0 aliphatic rings. The van der Waals surface area contributed by atoms with Crippen molar-refractivity contribution in [1.29, 1.82) is 10.5 Å². The predicted molar refractivity (Wildman–Crippen MR) is 50.6 cm³/mol. The summed E-state index contributed by atoms with van der Waals surface area (Å²) in [5, 5.41) is 24.3. The highest BCUT2D eigenvalue weighted by Gasteiger charge is 1.95. The van der Waals surface area contributed by atoms with Gasteiger partial charge in [0.15, 0.2) is 0 Å². The van der Waals surface area contributed by atoms with Crippen LogP contribution in [-0.4, -0.2) is 12.1 Å². The van der Waals surface area contributed by atoms with E-state index >= 15 is 0 Å². The largest absolute Gasteiger partial charge is 0.497 e. The molecule has 0 aliphatic carbocycles. The summed E-state index contributed by atoms with van der Waals surface area (Å²) in [5.74, 6) is 0.700. The molecule has 0 aromatic heterocycles. The standard InChI is InChI=1S/C9H7N5O/c1-15-9-4-2-8(3-5-9)12-13-14(6-10)7-11/h2-5H,1H3. The molecular weight excluding hydrogens is 194 g/mol. The Balaban J connectivity index is 2.74. The zero-order valence-corrected chi connectivity index (χ0v) is 7.95. The quantitative estimate of drug-likeness (QED) is 0.324. The maximum Gasteiger partial charge on any atom is 0.218 e. The molecule has 0 bridgehead atoms. The summed E-state index contributed by atoms with van der Waals surface area (Å²) in [7, 11) is 1.56. The fraction of sp³-hybridized carbons (Fsp3) is 0.111. The number of hydrogen-bond acceptors (Lipinski definition) is 5. The van der Waals surface area contributed by atoms with Gasteiger partial charge >= 0.3 is 0 Å². The Hall–Kier alpha value is -2.60. The minimum Gasteiger partial charge on any atom is -0.497 e. The highest BCUT2D eigenvalue weighted by atomic mass is 16.5. The molecule has 0 atom stereocenters. The molecule has 0 N–H and O–H groups in total. The Kier molecular flexibility index (Phi) is 3.63. The second kappa shape index (κ2) is 5.20. The molecule has 1 aromatic rings. The van der Waals surface area contributed by atoms with E-state index in [0.717, 1.165) is 0 Å². The van der Waals surface area contributed by atoms with Gasteiger partial charge in [-0.05, 0) is 29.5 Å². The van der Waals surface area contributed by atoms with E-state index in [1.165, 1.54) is 12.4 Å². The average molecular weight is 201 g/mol. The molecule has 0 unspecified atom stereocenters. The number of benzene rings is 1. The van der Waals surface area contributed by atoms with Crippen molar-refractivity contribution >= 4 is 5.69 Å². The van der Waals surface area contributed by atoms with Crippen LogP contribution in [0.2, 0.25) is 0 Å². The van der Waals surface area contributed by atoms with Crippen LogP contribution >= 0.6 is 0 Å². The van der Waals surface area contributed by atoms with E-state index in [9.17, 15) is 0 Å². The Bertz CT molecular complexity index is 411. The summed E-state index contributed by atoms with van der Waals surface area (Å²) in [5.41, 5.74) is 0.534. The van der Waals surface area contributed by atoms with E-state index in [4.69, 9.17) is 15.3 Å². The lowest BCUT2D eigenvalue weighted by atomic mass is 10.3. The van der Waals surface area contributed by atoms with Gasteiger partial charge in [0.1, 0.15) is 5.75 Å². The Morgan fingerprint density at radius 2 is 1.80 bits per heavy atom. The third-order valence-corrected chi connectivity index (χ3v) is 1.51. The highest BCUT2D eigenvalue weighted by Crippen LogP contribution is 2.17. The van der Waals surface area contributed by atoms with Crippen molar-refractivity contribution in [3.8, 4) is 18.1 Å². The van der Waals surface area contributed by atoms with Crippen LogP contribution < -0.4 is 4.74 Å². The molecule has 6 heteroatoms. The van der Waals surface area contributed by atoms with E-state index in [0.29, 0.717) is 16.4 Å². The van der Waals surface area contributed by atoms with Gasteiger partial charge < -0.3 is 4.74 Å². The van der Waals surface area contributed by atoms with Gasteiger partial charge in [0.25, 0.3) is 0 Å². The second-order valence-electron chi connectivity index (χ2n) is 2.40. The van der Waals surface area contributed by atoms with Crippen molar-refractivity contribution in [3.63, 3.8) is 0 Å². The summed E-state index contributed by atoms with van der Waals surface area (Å²) in [6.07, 6.45) is 3.06. The molecular formula is C9H7N5O. The molecule has 0 aliphatic heterocycles. The lowest BCUT2D eigenvalue weighted by Gasteiger charge is -1.98. The van der Waals surface area contributed by atoms with Gasteiger partial charge in [0.2, 0.25) is 12.4 Å². The first kappa shape index (κ1) is 10.5. The first-order valence-corrected chi connectivity index (χ1v) is 3.95. The van der Waals surface area contributed by atoms with Crippen LogP contribution in [0.25, 0.3) is 0 Å². The monoisotopic (exact) mass is 201 g/mol. The van der Waals surface area contributed by atoms with E-state index in [-0.39, 0.29) is 0 Å². The fourth-order valence-corrected chi connectivity index (χ4v) is 0.808. The van der Waals surface area contributed by atoms with Crippen molar-refractivity contribution < 1.29 is 4.74 Å². The van der Waals surface area contributed by atoms with Crippen LogP contribution in [0.15, 0.2) is 34.6 Å². The molecule has 0 spiro atoms. The summed E-state index contributed by atoms with van der Waals surface area (Å²) in [6.45, 7) is 0. The Labute approximate surface area is 86.6 Å². The molecule has 6 nitrogen and oxygen atoms in total. The molecule has 74 valence electrons. The summed E-state index contributed by atoms with van der Waals surface area (Å²) in [4.78, 5) is 0. The minimum atomic E-state index is 0.504. The van der Waals surface area contributed by atoms with Crippen LogP contribution in [-0.2, 0) is 0 Å². The molecule has 0 radical (unpaired) electrons. The number of ether oxygens (including phenoxy) is 1. The van der Waals surface area contributed by atoms with E-state index in [2.05, 4.69) is 10.3 Å². The van der Waals surface area contributed by atoms with Gasteiger partial charge in [-0.25, -0.2) is 0 Å². The van der Waals surface area contributed by atoms with Crippen LogP contribution in [0.5, 0.6) is 5.75 Å². The van der Waals surface area contributed by atoms with Gasteiger partial charge in [-0.15, -0.1) is 5.11 Å². The molecule has 0 saturated heterocycles. The predicted octanol–water partition coefficient (Wildman–Crippen LogP) is 1.96. The van der Waals surface area contributed by atoms with Crippen molar-refractivity contribution in [2.45, 2.75) is 0 Å². The molecule has 0 amide bonds. The fourth-order valence-electron chi connectivity index (χ4n) is 0.808. The van der Waals surface area contributed by atoms with Crippen LogP contribution in [0.4, 0.5) is 5.69 Å². The zero-order valence-electron chi connectivity index (χ0n) is 7.95. The van der Waals surface area contributed by atoms with Crippen molar-refractivity contribution in [2.24, 2.45) is 10.3 Å². The van der Waals surface area contributed by atoms with Gasteiger partial charge in [-0.1, -0.05) is 5.01 Å². The number of nitriles is 2. The van der Waals surface area contributed by atoms with Gasteiger partial charge in [0, 0.05) is 0 Å². The minimum absolute atomic E-state index is 0.504. The topological polar surface area (TPSA) is 84.8 Å². The van der Waals surface area contributed by atoms with E-state index < -0.39 is 0 Å². The number of hydrogen-bond donors (Lipinski definition) is 0. The van der Waals surface area contributed by atoms with Gasteiger partial charge in [0.05, 0.1) is 12.8 Å². The maximum absolute atomic E-state index is 8.37. The number of rotatable bonds is 3. The summed E-state index contributed by atoms with van der Waals surface area (Å²) in [6, 6.07) is 6.74. The van der Waals surface area contributed by atoms with Gasteiger partial charge in [-0.2, -0.15) is 10.5 Å². The molecule has 1 rings (SSSR count). The second-order valence-corrected chi connectivity index (χ2v) is 2.40. The number of methoxy groups -OCH3 is 1. The Morgan fingerprint density at radius 1 is 1.20 bits per heavy atom. The summed E-state index contributed by atoms with van der Waals surface area (Å²) < 4.78 is 4.95. The first-order valence-electron chi connectivity index (χ1n) is 3.95. The van der Waals surface area contributed by atoms with Crippen LogP contribution in [0, 0.1) is 22.9 Å². The zero-order chi connectivity index (χ0) is 11.1. The lowest BCUT2D eigenvalue weighted by Crippen LogP contribution is -1.97. The molecule has 0 fully saturated rings. The van der Waals surface area contributed by atoms with Crippen LogP contribution in [0.1, 0.15) is 0 Å². The Morgan fingerprint density at radius 3 is 2.27 bits per heavy atom. The van der Waals surface area contributed by atoms with Crippen molar-refractivity contribution in [2.75, 3.05) is 7.11 Å². The van der Waals surface area contributed by atoms with Crippen molar-refractivity contribution in [1.82, 2.24) is 5.01 Å². The average Bonchev–Trinajstić information content (AvgIpc) is 2.31. The molecule has 0 heterocycles. The van der Waals surface area contributed by atoms with Gasteiger partial charge in [-0.3, -0.25) is 0 Å². The maximum atomic E-state index is 8.37. The van der Waals surface area contributed by atoms with Crippen molar-refractivity contribution in [3.05, 3.63) is 24.3 Å². The molecule has 15 heavy (non-hydrogen) atoms. The molecule has 0 saturated carbocycles. The normalized spacial score (nSPS) is 9.27. The van der Waals surface area contributed by atoms with E-state index in [1.807, 2.05) is 0 Å². The van der Waals surface area contributed by atoms with Crippen LogP contribution in [0.3, 0.4) is 0 Å². The highest BCUT2D eigenvalue weighted by molar-refractivity contribution is 5.40. The smallest absolute Gasteiger partial charge is 0.218 e.